The number of hydrazone groups is 1. The lowest BCUT2D eigenvalue weighted by Gasteiger charge is -2.20. The molecule has 152 valence electrons. The number of hydrogen-bond acceptors (Lipinski definition) is 5. The summed E-state index contributed by atoms with van der Waals surface area (Å²) in [6.45, 7) is 2.12. The number of hydrogen-bond donors (Lipinski definition) is 2. The van der Waals surface area contributed by atoms with Crippen molar-refractivity contribution in [1.29, 1.82) is 0 Å². The molecule has 9 heteroatoms. The van der Waals surface area contributed by atoms with Crippen molar-refractivity contribution in [2.75, 3.05) is 7.05 Å². The average Bonchev–Trinajstić information content (AvgIpc) is 3.45. The topological polar surface area (TPSA) is 85.8 Å². The summed E-state index contributed by atoms with van der Waals surface area (Å²) in [5.41, 5.74) is 2.80. The Hall–Kier alpha value is -3.62. The van der Waals surface area contributed by atoms with Gasteiger partial charge < -0.3 is 4.98 Å². The van der Waals surface area contributed by atoms with Crippen LogP contribution in [0.4, 0.5) is 8.78 Å². The maximum Gasteiger partial charge on any atom is 0.183 e. The van der Waals surface area contributed by atoms with Crippen LogP contribution < -0.4 is 0 Å². The SMILES string of the molecule is CC1C(c2cnc3[nH]cc(-c4n[nH]c(Cc5cccc(F)c5F)n4)c3c2)C=NN1C. The minimum absolute atomic E-state index is 0.116. The van der Waals surface area contributed by atoms with Gasteiger partial charge in [0.05, 0.1) is 6.04 Å². The lowest BCUT2D eigenvalue weighted by Crippen LogP contribution is -2.24. The Labute approximate surface area is 170 Å². The van der Waals surface area contributed by atoms with Crippen molar-refractivity contribution < 1.29 is 8.78 Å². The zero-order valence-corrected chi connectivity index (χ0v) is 16.4. The second kappa shape index (κ2) is 7.01. The largest absolute Gasteiger partial charge is 0.345 e. The highest BCUT2D eigenvalue weighted by atomic mass is 19.2. The summed E-state index contributed by atoms with van der Waals surface area (Å²) >= 11 is 0. The Morgan fingerprint density at radius 2 is 2.10 bits per heavy atom. The molecule has 0 fully saturated rings. The Balaban J connectivity index is 1.47. The number of nitrogens with zero attached hydrogens (tertiary/aromatic N) is 5. The van der Waals surface area contributed by atoms with Crippen LogP contribution in [0, 0.1) is 11.6 Å². The number of fused-ring (bicyclic) bond motifs is 1. The first-order valence-electron chi connectivity index (χ1n) is 9.60. The summed E-state index contributed by atoms with van der Waals surface area (Å²) in [4.78, 5) is 12.2. The summed E-state index contributed by atoms with van der Waals surface area (Å²) in [5, 5.41) is 14.3. The van der Waals surface area contributed by atoms with E-state index in [1.807, 2.05) is 24.5 Å². The van der Waals surface area contributed by atoms with E-state index in [0.717, 1.165) is 28.2 Å². The van der Waals surface area contributed by atoms with Gasteiger partial charge in [0.25, 0.3) is 0 Å². The van der Waals surface area contributed by atoms with Crippen molar-refractivity contribution >= 4 is 17.2 Å². The van der Waals surface area contributed by atoms with E-state index in [0.29, 0.717) is 11.6 Å². The molecule has 2 atom stereocenters. The third-order valence-corrected chi connectivity index (χ3v) is 5.62. The molecule has 30 heavy (non-hydrogen) atoms. The minimum atomic E-state index is -0.877. The van der Waals surface area contributed by atoms with E-state index >= 15 is 0 Å². The van der Waals surface area contributed by atoms with E-state index in [9.17, 15) is 8.78 Å². The second-order valence-corrected chi connectivity index (χ2v) is 7.47. The molecular formula is C21H19F2N7. The van der Waals surface area contributed by atoms with E-state index in [2.05, 4.69) is 43.2 Å². The third-order valence-electron chi connectivity index (χ3n) is 5.62. The number of benzene rings is 1. The minimum Gasteiger partial charge on any atom is -0.345 e. The van der Waals surface area contributed by atoms with E-state index in [1.54, 1.807) is 6.20 Å². The molecule has 4 heterocycles. The summed E-state index contributed by atoms with van der Waals surface area (Å²) in [6, 6.07) is 6.41. The molecule has 5 rings (SSSR count). The molecule has 0 saturated heterocycles. The van der Waals surface area contributed by atoms with Gasteiger partial charge in [-0.3, -0.25) is 10.1 Å². The lowest BCUT2D eigenvalue weighted by atomic mass is 9.95. The van der Waals surface area contributed by atoms with Gasteiger partial charge in [-0.05, 0) is 30.2 Å². The molecule has 0 spiro atoms. The second-order valence-electron chi connectivity index (χ2n) is 7.47. The van der Waals surface area contributed by atoms with Gasteiger partial charge >= 0.3 is 0 Å². The van der Waals surface area contributed by atoms with E-state index in [-0.39, 0.29) is 23.9 Å². The molecule has 1 aliphatic heterocycles. The van der Waals surface area contributed by atoms with E-state index < -0.39 is 11.6 Å². The number of pyridine rings is 1. The van der Waals surface area contributed by atoms with Crippen molar-refractivity contribution in [2.24, 2.45) is 5.10 Å². The number of likely N-dealkylation sites (N-methyl/N-ethyl adjacent to an activating group) is 1. The fourth-order valence-electron chi connectivity index (χ4n) is 3.75. The van der Waals surface area contributed by atoms with Crippen LogP contribution in [-0.4, -0.2) is 49.5 Å². The lowest BCUT2D eigenvalue weighted by molar-refractivity contribution is 0.289. The quantitative estimate of drug-likeness (QED) is 0.541. The molecule has 0 aliphatic carbocycles. The van der Waals surface area contributed by atoms with Crippen LogP contribution in [0.5, 0.6) is 0 Å². The van der Waals surface area contributed by atoms with Crippen LogP contribution in [0.1, 0.15) is 29.8 Å². The van der Waals surface area contributed by atoms with Crippen LogP contribution in [0.15, 0.2) is 41.8 Å². The summed E-state index contributed by atoms with van der Waals surface area (Å²) < 4.78 is 27.4. The number of halogens is 2. The van der Waals surface area contributed by atoms with Crippen molar-refractivity contribution in [3.8, 4) is 11.4 Å². The number of nitrogens with one attached hydrogen (secondary N) is 2. The highest BCUT2D eigenvalue weighted by Crippen LogP contribution is 2.31. The molecule has 1 aliphatic rings. The highest BCUT2D eigenvalue weighted by Gasteiger charge is 2.27. The molecule has 0 saturated carbocycles. The molecule has 7 nitrogen and oxygen atoms in total. The fraction of sp³-hybridized carbons (Fsp3) is 0.238. The van der Waals surface area contributed by atoms with Gasteiger partial charge in [-0.1, -0.05) is 12.1 Å². The maximum absolute atomic E-state index is 14.0. The van der Waals surface area contributed by atoms with Crippen molar-refractivity contribution in [1.82, 2.24) is 30.2 Å². The normalized spacial score (nSPS) is 18.6. The first kappa shape index (κ1) is 18.4. The molecule has 0 bridgehead atoms. The van der Waals surface area contributed by atoms with Crippen LogP contribution in [0.2, 0.25) is 0 Å². The van der Waals surface area contributed by atoms with E-state index in [4.69, 9.17) is 0 Å². The Morgan fingerprint density at radius 1 is 1.23 bits per heavy atom. The predicted molar refractivity (Wildman–Crippen MR) is 109 cm³/mol. The summed E-state index contributed by atoms with van der Waals surface area (Å²) in [7, 11) is 1.95. The summed E-state index contributed by atoms with van der Waals surface area (Å²) in [6.07, 6.45) is 5.70. The maximum atomic E-state index is 14.0. The Morgan fingerprint density at radius 3 is 2.90 bits per heavy atom. The molecule has 0 amide bonds. The Bertz CT molecular complexity index is 1260. The molecule has 4 aromatic rings. The smallest absolute Gasteiger partial charge is 0.183 e. The van der Waals surface area contributed by atoms with Gasteiger partial charge in [0, 0.05) is 48.9 Å². The van der Waals surface area contributed by atoms with Gasteiger partial charge in [-0.25, -0.2) is 18.7 Å². The molecule has 2 unspecified atom stereocenters. The number of aromatic amines is 2. The standard InChI is InChI=1S/C21H19F2N7/c1-11-15(10-26-30(11)2)13-6-14-16(9-25-20(14)24-8-13)21-27-18(28-29-21)7-12-4-3-5-17(22)19(12)23/h3-6,8-11,15H,7H2,1-2H3,(H,24,25)(H,27,28,29). The fourth-order valence-corrected chi connectivity index (χ4v) is 3.75. The molecule has 3 aromatic heterocycles. The molecular weight excluding hydrogens is 388 g/mol. The van der Waals surface area contributed by atoms with Crippen LogP contribution >= 0.6 is 0 Å². The molecule has 0 radical (unpaired) electrons. The van der Waals surface area contributed by atoms with Crippen LogP contribution in [0.25, 0.3) is 22.4 Å². The van der Waals surface area contributed by atoms with Gasteiger partial charge in [0.2, 0.25) is 0 Å². The van der Waals surface area contributed by atoms with E-state index in [1.165, 1.54) is 12.1 Å². The molecule has 2 N–H and O–H groups in total. The summed E-state index contributed by atoms with van der Waals surface area (Å²) in [5.74, 6) is -0.678. The number of H-pyrrole nitrogens is 2. The van der Waals surface area contributed by atoms with Crippen molar-refractivity contribution in [2.45, 2.75) is 25.3 Å². The first-order valence-corrected chi connectivity index (χ1v) is 9.60. The predicted octanol–water partition coefficient (Wildman–Crippen LogP) is 3.62. The van der Waals surface area contributed by atoms with Gasteiger partial charge in [-0.15, -0.1) is 0 Å². The molecule has 1 aromatic carbocycles. The third kappa shape index (κ3) is 3.02. The zero-order valence-electron chi connectivity index (χ0n) is 16.4. The van der Waals surface area contributed by atoms with Crippen LogP contribution in [0.3, 0.4) is 0 Å². The number of rotatable bonds is 4. The first-order chi connectivity index (χ1) is 14.5. The van der Waals surface area contributed by atoms with Crippen molar-refractivity contribution in [3.05, 3.63) is 65.2 Å². The Kier molecular flexibility index (Phi) is 4.30. The average molecular weight is 407 g/mol. The zero-order chi connectivity index (χ0) is 20.8. The van der Waals surface area contributed by atoms with Gasteiger partial charge in [0.1, 0.15) is 11.5 Å². The monoisotopic (exact) mass is 407 g/mol. The van der Waals surface area contributed by atoms with Gasteiger partial charge in [-0.2, -0.15) is 10.2 Å². The van der Waals surface area contributed by atoms with Crippen LogP contribution in [-0.2, 0) is 6.42 Å². The van der Waals surface area contributed by atoms with Crippen molar-refractivity contribution in [3.63, 3.8) is 0 Å². The van der Waals surface area contributed by atoms with Gasteiger partial charge in [0.15, 0.2) is 17.5 Å². The highest BCUT2D eigenvalue weighted by molar-refractivity contribution is 5.92. The number of aromatic nitrogens is 5.